The largest absolute Gasteiger partial charge is 0.482 e. The second-order valence-corrected chi connectivity index (χ2v) is 7.48. The Balaban J connectivity index is 1.44. The SMILES string of the molecule is N#Cc1ccc(-c2ccc(OC(=O)CN3C(=O)COc4cc(Br)ccc43)cc2)cc1. The molecule has 3 aromatic rings. The molecule has 0 unspecified atom stereocenters. The van der Waals surface area contributed by atoms with Gasteiger partial charge in [0.25, 0.3) is 5.91 Å². The maximum atomic E-state index is 12.4. The molecule has 7 heteroatoms. The molecule has 0 saturated carbocycles. The first-order valence-corrected chi connectivity index (χ1v) is 9.87. The van der Waals surface area contributed by atoms with Crippen LogP contribution in [0.3, 0.4) is 0 Å². The number of fused-ring (bicyclic) bond motifs is 1. The van der Waals surface area contributed by atoms with Crippen LogP contribution in [-0.2, 0) is 9.59 Å². The number of carbonyl (C=O) groups excluding carboxylic acids is 2. The summed E-state index contributed by atoms with van der Waals surface area (Å²) in [5, 5.41) is 8.89. The number of esters is 1. The lowest BCUT2D eigenvalue weighted by Crippen LogP contribution is -2.43. The van der Waals surface area contributed by atoms with Crippen LogP contribution in [0.25, 0.3) is 11.1 Å². The summed E-state index contributed by atoms with van der Waals surface area (Å²) in [6.45, 7) is -0.343. The predicted molar refractivity (Wildman–Crippen MR) is 114 cm³/mol. The summed E-state index contributed by atoms with van der Waals surface area (Å²) in [6.07, 6.45) is 0. The Labute approximate surface area is 181 Å². The number of amides is 1. The van der Waals surface area contributed by atoms with Crippen LogP contribution in [0.4, 0.5) is 5.69 Å². The van der Waals surface area contributed by atoms with Gasteiger partial charge < -0.3 is 9.47 Å². The van der Waals surface area contributed by atoms with E-state index in [-0.39, 0.29) is 19.1 Å². The van der Waals surface area contributed by atoms with Crippen molar-refractivity contribution in [2.24, 2.45) is 0 Å². The summed E-state index contributed by atoms with van der Waals surface area (Å²) in [7, 11) is 0. The van der Waals surface area contributed by atoms with Gasteiger partial charge in [-0.3, -0.25) is 9.69 Å². The summed E-state index contributed by atoms with van der Waals surface area (Å²) in [6, 6.07) is 21.6. The second kappa shape index (κ2) is 8.39. The number of hydrogen-bond donors (Lipinski definition) is 0. The smallest absolute Gasteiger partial charge is 0.331 e. The van der Waals surface area contributed by atoms with Crippen LogP contribution in [0, 0.1) is 11.3 Å². The molecule has 0 aliphatic carbocycles. The van der Waals surface area contributed by atoms with Crippen molar-refractivity contribution in [2.45, 2.75) is 0 Å². The quantitative estimate of drug-likeness (QED) is 0.426. The van der Waals surface area contributed by atoms with E-state index in [0.29, 0.717) is 22.7 Å². The molecule has 0 N–H and O–H groups in total. The highest BCUT2D eigenvalue weighted by Gasteiger charge is 2.28. The lowest BCUT2D eigenvalue weighted by molar-refractivity contribution is -0.134. The van der Waals surface area contributed by atoms with Gasteiger partial charge in [0.1, 0.15) is 18.0 Å². The van der Waals surface area contributed by atoms with E-state index in [0.717, 1.165) is 15.6 Å². The third kappa shape index (κ3) is 4.19. The zero-order chi connectivity index (χ0) is 21.1. The van der Waals surface area contributed by atoms with Crippen LogP contribution in [0.2, 0.25) is 0 Å². The molecule has 1 aliphatic heterocycles. The highest BCUT2D eigenvalue weighted by Crippen LogP contribution is 2.34. The summed E-state index contributed by atoms with van der Waals surface area (Å²) >= 11 is 3.36. The number of hydrogen-bond acceptors (Lipinski definition) is 5. The number of halogens is 1. The molecule has 0 bridgehead atoms. The number of carbonyl (C=O) groups is 2. The van der Waals surface area contributed by atoms with Crippen LogP contribution in [0.15, 0.2) is 71.2 Å². The standard InChI is InChI=1S/C23H15BrN2O4/c24-18-7-10-20-21(11-18)29-14-22(27)26(20)13-23(28)30-19-8-5-17(6-9-19)16-3-1-15(12-25)2-4-16/h1-11H,13-14H2. The van der Waals surface area contributed by atoms with Gasteiger partial charge in [-0.25, -0.2) is 4.79 Å². The summed E-state index contributed by atoms with van der Waals surface area (Å²) < 4.78 is 11.7. The number of nitriles is 1. The fraction of sp³-hybridized carbons (Fsp3) is 0.0870. The molecule has 148 valence electrons. The van der Waals surface area contributed by atoms with Gasteiger partial charge in [0.05, 0.1) is 17.3 Å². The Bertz CT molecular complexity index is 1150. The molecule has 0 fully saturated rings. The normalized spacial score (nSPS) is 12.5. The monoisotopic (exact) mass is 462 g/mol. The minimum Gasteiger partial charge on any atom is -0.482 e. The number of ether oxygens (including phenoxy) is 2. The van der Waals surface area contributed by atoms with Gasteiger partial charge in [0.15, 0.2) is 6.61 Å². The third-order valence-electron chi connectivity index (χ3n) is 4.59. The molecule has 0 radical (unpaired) electrons. The van der Waals surface area contributed by atoms with Crippen molar-refractivity contribution in [3.8, 4) is 28.7 Å². The van der Waals surface area contributed by atoms with Gasteiger partial charge >= 0.3 is 5.97 Å². The van der Waals surface area contributed by atoms with Crippen LogP contribution in [0.1, 0.15) is 5.56 Å². The molecule has 1 aliphatic rings. The van der Waals surface area contributed by atoms with E-state index in [1.807, 2.05) is 24.3 Å². The van der Waals surface area contributed by atoms with Gasteiger partial charge in [-0.2, -0.15) is 5.26 Å². The molecule has 30 heavy (non-hydrogen) atoms. The molecule has 0 saturated heterocycles. The van der Waals surface area contributed by atoms with Gasteiger partial charge in [-0.15, -0.1) is 0 Å². The zero-order valence-corrected chi connectivity index (χ0v) is 17.3. The van der Waals surface area contributed by atoms with Crippen LogP contribution in [-0.4, -0.2) is 25.0 Å². The van der Waals surface area contributed by atoms with Crippen molar-refractivity contribution in [1.29, 1.82) is 5.26 Å². The summed E-state index contributed by atoms with van der Waals surface area (Å²) in [4.78, 5) is 26.0. The maximum Gasteiger partial charge on any atom is 0.331 e. The number of rotatable bonds is 4. The van der Waals surface area contributed by atoms with Crippen molar-refractivity contribution >= 4 is 33.5 Å². The first kappa shape index (κ1) is 19.7. The summed E-state index contributed by atoms with van der Waals surface area (Å²) in [5.74, 6) is 0.0563. The average Bonchev–Trinajstić information content (AvgIpc) is 2.76. The minimum absolute atomic E-state index is 0.129. The molecule has 6 nitrogen and oxygen atoms in total. The third-order valence-corrected chi connectivity index (χ3v) is 5.08. The van der Waals surface area contributed by atoms with E-state index in [2.05, 4.69) is 22.0 Å². The number of anilines is 1. The van der Waals surface area contributed by atoms with Crippen molar-refractivity contribution in [2.75, 3.05) is 18.1 Å². The Morgan fingerprint density at radius 1 is 1.07 bits per heavy atom. The zero-order valence-electron chi connectivity index (χ0n) is 15.7. The van der Waals surface area contributed by atoms with Crippen molar-refractivity contribution in [1.82, 2.24) is 0 Å². The average molecular weight is 463 g/mol. The van der Waals surface area contributed by atoms with E-state index < -0.39 is 5.97 Å². The molecule has 1 heterocycles. The van der Waals surface area contributed by atoms with E-state index in [1.165, 1.54) is 4.90 Å². The van der Waals surface area contributed by atoms with E-state index >= 15 is 0 Å². The van der Waals surface area contributed by atoms with E-state index in [9.17, 15) is 9.59 Å². The number of nitrogens with zero attached hydrogens (tertiary/aromatic N) is 2. The maximum absolute atomic E-state index is 12.4. The lowest BCUT2D eigenvalue weighted by Gasteiger charge is -2.28. The Kier molecular flexibility index (Phi) is 5.50. The van der Waals surface area contributed by atoms with Crippen molar-refractivity contribution < 1.29 is 19.1 Å². The Morgan fingerprint density at radius 3 is 2.40 bits per heavy atom. The van der Waals surface area contributed by atoms with Crippen LogP contribution >= 0.6 is 15.9 Å². The highest BCUT2D eigenvalue weighted by atomic mass is 79.9. The Hall–Kier alpha value is -3.63. The molecule has 1 amide bonds. The molecule has 0 spiro atoms. The van der Waals surface area contributed by atoms with Crippen LogP contribution in [0.5, 0.6) is 11.5 Å². The van der Waals surface area contributed by atoms with Crippen molar-refractivity contribution in [3.05, 3.63) is 76.8 Å². The van der Waals surface area contributed by atoms with E-state index in [1.54, 1.807) is 42.5 Å². The molecule has 0 atom stereocenters. The van der Waals surface area contributed by atoms with E-state index in [4.69, 9.17) is 14.7 Å². The minimum atomic E-state index is -0.551. The predicted octanol–water partition coefficient (Wildman–Crippen LogP) is 4.32. The topological polar surface area (TPSA) is 79.6 Å². The Morgan fingerprint density at radius 2 is 1.73 bits per heavy atom. The van der Waals surface area contributed by atoms with Crippen LogP contribution < -0.4 is 14.4 Å². The first-order valence-electron chi connectivity index (χ1n) is 9.07. The highest BCUT2D eigenvalue weighted by molar-refractivity contribution is 9.10. The first-order chi connectivity index (χ1) is 14.5. The molecular weight excluding hydrogens is 448 g/mol. The second-order valence-electron chi connectivity index (χ2n) is 6.57. The molecule has 3 aromatic carbocycles. The number of benzene rings is 3. The summed E-state index contributed by atoms with van der Waals surface area (Å²) in [5.41, 5.74) is 3.01. The fourth-order valence-corrected chi connectivity index (χ4v) is 3.44. The van der Waals surface area contributed by atoms with Gasteiger partial charge in [-0.05, 0) is 53.6 Å². The van der Waals surface area contributed by atoms with Crippen molar-refractivity contribution in [3.63, 3.8) is 0 Å². The lowest BCUT2D eigenvalue weighted by atomic mass is 10.0. The van der Waals surface area contributed by atoms with Gasteiger partial charge in [-0.1, -0.05) is 40.2 Å². The van der Waals surface area contributed by atoms with Gasteiger partial charge in [0, 0.05) is 4.47 Å². The molecular formula is C23H15BrN2O4. The fourth-order valence-electron chi connectivity index (χ4n) is 3.10. The molecule has 0 aromatic heterocycles. The molecule has 4 rings (SSSR count). The van der Waals surface area contributed by atoms with Gasteiger partial charge in [0.2, 0.25) is 0 Å².